The van der Waals surface area contributed by atoms with Crippen molar-refractivity contribution in [3.8, 4) is 33.0 Å². The molecule has 172 valence electrons. The SMILES string of the molecule is CC(C)Oc1ccc(-c2nnc(-c3cccc4c3CCC4)s2)cc1C#N.CNSCC(N)=O. The molecule has 7 nitrogen and oxygen atoms in total. The first-order valence-electron chi connectivity index (χ1n) is 10.7. The highest BCUT2D eigenvalue weighted by Gasteiger charge is 2.19. The van der Waals surface area contributed by atoms with Crippen molar-refractivity contribution in [3.05, 3.63) is 53.1 Å². The lowest BCUT2D eigenvalue weighted by Crippen LogP contribution is -2.15. The standard InChI is InChI=1S/C21H19N3OS.C3H8N2OS/c1-13(2)25-19-10-9-15(11-16(19)12-22)20-23-24-21(26-20)18-8-4-6-14-5-3-7-17(14)18;1-5-7-2-3(4)6/h4,6,8-11,13H,3,5,7H2,1-2H3;5H,2H2,1H3,(H2,4,6). The fraction of sp³-hybridized carbons (Fsp3) is 0.333. The Morgan fingerprint density at radius 2 is 2.06 bits per heavy atom. The molecular formula is C24H27N5O2S2. The van der Waals surface area contributed by atoms with Crippen molar-refractivity contribution in [3.63, 3.8) is 0 Å². The van der Waals surface area contributed by atoms with Crippen molar-refractivity contribution >= 4 is 29.2 Å². The van der Waals surface area contributed by atoms with Crippen LogP contribution in [0.3, 0.4) is 0 Å². The number of amides is 1. The van der Waals surface area contributed by atoms with Gasteiger partial charge >= 0.3 is 0 Å². The van der Waals surface area contributed by atoms with E-state index in [-0.39, 0.29) is 12.0 Å². The zero-order valence-electron chi connectivity index (χ0n) is 18.9. The average molecular weight is 482 g/mol. The molecule has 0 unspecified atom stereocenters. The second-order valence-corrected chi connectivity index (χ2v) is 9.62. The van der Waals surface area contributed by atoms with Crippen molar-refractivity contribution in [2.24, 2.45) is 5.73 Å². The molecule has 0 bridgehead atoms. The number of nitrogens with zero attached hydrogens (tertiary/aromatic N) is 3. The summed E-state index contributed by atoms with van der Waals surface area (Å²) in [6.07, 6.45) is 3.50. The van der Waals surface area contributed by atoms with Gasteiger partial charge in [-0.15, -0.1) is 10.2 Å². The van der Waals surface area contributed by atoms with E-state index >= 15 is 0 Å². The number of carbonyl (C=O) groups excluding carboxylic acids is 1. The van der Waals surface area contributed by atoms with Gasteiger partial charge in [0.05, 0.1) is 17.4 Å². The van der Waals surface area contributed by atoms with E-state index in [1.54, 1.807) is 18.4 Å². The summed E-state index contributed by atoms with van der Waals surface area (Å²) >= 11 is 2.86. The molecule has 1 heterocycles. The number of fused-ring (bicyclic) bond motifs is 1. The number of rotatable bonds is 7. The lowest BCUT2D eigenvalue weighted by atomic mass is 10.0. The van der Waals surface area contributed by atoms with Gasteiger partial charge in [0.1, 0.15) is 21.8 Å². The van der Waals surface area contributed by atoms with Crippen LogP contribution in [-0.2, 0) is 17.6 Å². The number of benzene rings is 2. The second-order valence-electron chi connectivity index (χ2n) is 7.66. The minimum atomic E-state index is -0.292. The Balaban J connectivity index is 0.000000383. The largest absolute Gasteiger partial charge is 0.490 e. The van der Waals surface area contributed by atoms with Crippen LogP contribution in [0.5, 0.6) is 5.75 Å². The monoisotopic (exact) mass is 481 g/mol. The van der Waals surface area contributed by atoms with E-state index < -0.39 is 0 Å². The number of primary amides is 1. The summed E-state index contributed by atoms with van der Waals surface area (Å²) in [6, 6.07) is 14.3. The number of nitrogens with two attached hydrogens (primary N) is 1. The molecule has 9 heteroatoms. The first-order chi connectivity index (χ1) is 15.9. The maximum Gasteiger partial charge on any atom is 0.228 e. The van der Waals surface area contributed by atoms with Crippen molar-refractivity contribution in [2.75, 3.05) is 12.8 Å². The lowest BCUT2D eigenvalue weighted by Gasteiger charge is -2.11. The van der Waals surface area contributed by atoms with Gasteiger partial charge in [0.2, 0.25) is 5.91 Å². The summed E-state index contributed by atoms with van der Waals surface area (Å²) in [5.74, 6) is 0.660. The predicted molar refractivity (Wildman–Crippen MR) is 134 cm³/mol. The third-order valence-electron chi connectivity index (χ3n) is 4.87. The van der Waals surface area contributed by atoms with Gasteiger partial charge in [-0.25, -0.2) is 0 Å². The van der Waals surface area contributed by atoms with Crippen LogP contribution in [-0.4, -0.2) is 35.0 Å². The van der Waals surface area contributed by atoms with Crippen LogP contribution in [0.1, 0.15) is 37.0 Å². The molecule has 1 aliphatic rings. The fourth-order valence-electron chi connectivity index (χ4n) is 3.52. The van der Waals surface area contributed by atoms with Gasteiger partial charge in [-0.05, 0) is 69.5 Å². The molecule has 3 aromatic rings. The van der Waals surface area contributed by atoms with Gasteiger partial charge in [0.25, 0.3) is 0 Å². The maximum absolute atomic E-state index is 9.92. The second kappa shape index (κ2) is 11.8. The van der Waals surface area contributed by atoms with E-state index in [0.717, 1.165) is 28.4 Å². The minimum Gasteiger partial charge on any atom is -0.490 e. The summed E-state index contributed by atoms with van der Waals surface area (Å²) in [7, 11) is 1.74. The lowest BCUT2D eigenvalue weighted by molar-refractivity contribution is -0.115. The molecule has 33 heavy (non-hydrogen) atoms. The number of aromatic nitrogens is 2. The molecule has 1 aromatic heterocycles. The number of nitriles is 1. The zero-order chi connectivity index (χ0) is 23.8. The molecule has 0 saturated carbocycles. The van der Waals surface area contributed by atoms with E-state index in [9.17, 15) is 10.1 Å². The average Bonchev–Trinajstić information content (AvgIpc) is 3.47. The summed E-state index contributed by atoms with van der Waals surface area (Å²) < 4.78 is 8.41. The Bertz CT molecular complexity index is 1150. The van der Waals surface area contributed by atoms with Crippen LogP contribution in [0, 0.1) is 11.3 Å². The van der Waals surface area contributed by atoms with Crippen molar-refractivity contribution in [2.45, 2.75) is 39.2 Å². The Labute approximate surface area is 202 Å². The first kappa shape index (κ1) is 24.7. The summed E-state index contributed by atoms with van der Waals surface area (Å²) in [5.41, 5.74) is 10.2. The van der Waals surface area contributed by atoms with Gasteiger partial charge in [0, 0.05) is 11.1 Å². The topological polar surface area (TPSA) is 114 Å². The molecule has 3 N–H and O–H groups in total. The van der Waals surface area contributed by atoms with Crippen LogP contribution in [0.15, 0.2) is 36.4 Å². The van der Waals surface area contributed by atoms with Crippen LogP contribution in [0.25, 0.3) is 21.1 Å². The smallest absolute Gasteiger partial charge is 0.228 e. The van der Waals surface area contributed by atoms with Gasteiger partial charge in [-0.2, -0.15) is 5.26 Å². The molecule has 0 fully saturated rings. The fourth-order valence-corrected chi connectivity index (χ4v) is 4.70. The molecule has 2 aromatic carbocycles. The highest BCUT2D eigenvalue weighted by atomic mass is 32.2. The molecule has 0 atom stereocenters. The van der Waals surface area contributed by atoms with Crippen LogP contribution >= 0.6 is 23.3 Å². The van der Waals surface area contributed by atoms with Crippen LogP contribution in [0.4, 0.5) is 0 Å². The highest BCUT2D eigenvalue weighted by Crippen LogP contribution is 2.37. The van der Waals surface area contributed by atoms with E-state index in [1.165, 1.54) is 35.1 Å². The highest BCUT2D eigenvalue weighted by molar-refractivity contribution is 7.98. The number of hydrogen-bond donors (Lipinski definition) is 2. The summed E-state index contributed by atoms with van der Waals surface area (Å²) in [5, 5.41) is 20.0. The van der Waals surface area contributed by atoms with Gasteiger partial charge in [0.15, 0.2) is 0 Å². The maximum atomic E-state index is 9.92. The minimum absolute atomic E-state index is 0.0289. The zero-order valence-corrected chi connectivity index (χ0v) is 20.6. The molecule has 0 saturated heterocycles. The van der Waals surface area contributed by atoms with E-state index in [0.29, 0.717) is 17.1 Å². The molecule has 0 spiro atoms. The molecule has 4 rings (SSSR count). The first-order valence-corrected chi connectivity index (χ1v) is 12.5. The van der Waals surface area contributed by atoms with Crippen LogP contribution < -0.4 is 15.2 Å². The number of aryl methyl sites for hydroxylation is 1. The van der Waals surface area contributed by atoms with Crippen LogP contribution in [0.2, 0.25) is 0 Å². The Hall–Kier alpha value is -2.93. The third kappa shape index (κ3) is 6.54. The molecule has 1 aliphatic carbocycles. The Morgan fingerprint density at radius 3 is 2.73 bits per heavy atom. The Kier molecular flexibility index (Phi) is 8.83. The van der Waals surface area contributed by atoms with Crippen molar-refractivity contribution < 1.29 is 9.53 Å². The predicted octanol–water partition coefficient (Wildman–Crippen LogP) is 4.36. The van der Waals surface area contributed by atoms with Crippen molar-refractivity contribution in [1.29, 1.82) is 5.26 Å². The quantitative estimate of drug-likeness (QED) is 0.482. The molecular weight excluding hydrogens is 454 g/mol. The van der Waals surface area contributed by atoms with E-state index in [4.69, 9.17) is 10.5 Å². The molecule has 0 aliphatic heterocycles. The Morgan fingerprint density at radius 1 is 1.27 bits per heavy atom. The van der Waals surface area contributed by atoms with Gasteiger partial charge in [-0.1, -0.05) is 41.5 Å². The van der Waals surface area contributed by atoms with Gasteiger partial charge in [-0.3, -0.25) is 9.52 Å². The number of nitrogens with one attached hydrogen (secondary N) is 1. The van der Waals surface area contributed by atoms with E-state index in [1.807, 2.05) is 32.0 Å². The summed E-state index contributed by atoms with van der Waals surface area (Å²) in [4.78, 5) is 9.92. The van der Waals surface area contributed by atoms with Gasteiger partial charge < -0.3 is 10.5 Å². The normalized spacial score (nSPS) is 12.0. The van der Waals surface area contributed by atoms with Crippen molar-refractivity contribution in [1.82, 2.24) is 14.9 Å². The number of hydrogen-bond acceptors (Lipinski definition) is 8. The van der Waals surface area contributed by atoms with E-state index in [2.05, 4.69) is 39.2 Å². The third-order valence-corrected chi connectivity index (χ3v) is 6.59. The summed E-state index contributed by atoms with van der Waals surface area (Å²) in [6.45, 7) is 3.90. The number of ether oxygens (including phenoxy) is 1. The molecule has 1 amide bonds. The molecule has 0 radical (unpaired) electrons. The number of carbonyl (C=O) groups is 1.